The van der Waals surface area contributed by atoms with Gasteiger partial charge in [0.05, 0.1) is 26.9 Å². The minimum absolute atomic E-state index is 0.0360. The summed E-state index contributed by atoms with van der Waals surface area (Å²) in [6.07, 6.45) is 2.36. The van der Waals surface area contributed by atoms with Gasteiger partial charge in [-0.1, -0.05) is 6.07 Å². The van der Waals surface area contributed by atoms with Crippen molar-refractivity contribution in [3.05, 3.63) is 53.8 Å². The van der Waals surface area contributed by atoms with Gasteiger partial charge in [-0.3, -0.25) is 9.69 Å². The smallest absolute Gasteiger partial charge is 0.222 e. The minimum atomic E-state index is -1.20. The van der Waals surface area contributed by atoms with Crippen LogP contribution in [0.15, 0.2) is 42.5 Å². The number of rotatable bonds is 11. The van der Waals surface area contributed by atoms with E-state index in [1.165, 1.54) is 24.3 Å². The molecule has 0 radical (unpaired) electrons. The van der Waals surface area contributed by atoms with Crippen LogP contribution in [0.1, 0.15) is 24.8 Å². The largest absolute Gasteiger partial charge is 0.493 e. The number of carbonyl (C=O) groups is 1. The normalized spacial score (nSPS) is 20.9. The number of amides is 1. The van der Waals surface area contributed by atoms with Crippen LogP contribution >= 0.6 is 0 Å². The van der Waals surface area contributed by atoms with Crippen LogP contribution in [0.5, 0.6) is 17.2 Å². The SMILES string of the molecule is COc1cc(CN2CCOCC(O)(COc3ccc(F)cc3)C2)ccc1OCCCN1CCCC1=O. The monoisotopic (exact) mass is 502 g/mol. The van der Waals surface area contributed by atoms with E-state index >= 15 is 0 Å². The molecule has 2 heterocycles. The van der Waals surface area contributed by atoms with Crippen molar-refractivity contribution in [2.24, 2.45) is 0 Å². The summed E-state index contributed by atoms with van der Waals surface area (Å²) in [5.74, 6) is 1.69. The number of halogens is 1. The number of β-amino-alcohol motifs (C(OH)–C–C–N with tert-alkyl or cyclic N) is 1. The third-order valence-electron chi connectivity index (χ3n) is 6.40. The molecule has 2 aliphatic rings. The van der Waals surface area contributed by atoms with Gasteiger partial charge in [-0.05, 0) is 54.8 Å². The van der Waals surface area contributed by atoms with Crippen LogP contribution in [-0.2, 0) is 16.1 Å². The first kappa shape index (κ1) is 26.2. The highest BCUT2D eigenvalue weighted by Crippen LogP contribution is 2.29. The molecule has 1 unspecified atom stereocenters. The average Bonchev–Trinajstić information content (AvgIpc) is 3.19. The molecule has 0 spiro atoms. The molecule has 4 rings (SSSR count). The first-order chi connectivity index (χ1) is 17.4. The number of carbonyl (C=O) groups excluding carboxylic acids is 1. The lowest BCUT2D eigenvalue weighted by molar-refractivity contribution is -0.127. The summed E-state index contributed by atoms with van der Waals surface area (Å²) in [6.45, 7) is 4.36. The van der Waals surface area contributed by atoms with Crippen molar-refractivity contribution in [1.82, 2.24) is 9.80 Å². The molecule has 2 aliphatic heterocycles. The van der Waals surface area contributed by atoms with Gasteiger partial charge in [0.15, 0.2) is 11.5 Å². The number of nitrogens with zero attached hydrogens (tertiary/aromatic N) is 2. The molecule has 2 aromatic rings. The molecule has 196 valence electrons. The highest BCUT2D eigenvalue weighted by Gasteiger charge is 2.33. The van der Waals surface area contributed by atoms with Crippen LogP contribution in [0.25, 0.3) is 0 Å². The van der Waals surface area contributed by atoms with Gasteiger partial charge in [-0.25, -0.2) is 4.39 Å². The maximum absolute atomic E-state index is 13.1. The van der Waals surface area contributed by atoms with Gasteiger partial charge in [0, 0.05) is 39.1 Å². The quantitative estimate of drug-likeness (QED) is 0.474. The number of hydrogen-bond acceptors (Lipinski definition) is 7. The summed E-state index contributed by atoms with van der Waals surface area (Å²) in [4.78, 5) is 15.7. The van der Waals surface area contributed by atoms with E-state index in [9.17, 15) is 14.3 Å². The molecular weight excluding hydrogens is 467 g/mol. The van der Waals surface area contributed by atoms with Gasteiger partial charge in [0.25, 0.3) is 0 Å². The van der Waals surface area contributed by atoms with Crippen molar-refractivity contribution in [2.45, 2.75) is 31.4 Å². The number of ether oxygens (including phenoxy) is 4. The topological polar surface area (TPSA) is 80.7 Å². The highest BCUT2D eigenvalue weighted by molar-refractivity contribution is 5.77. The van der Waals surface area contributed by atoms with E-state index < -0.39 is 5.60 Å². The Hall–Kier alpha value is -2.88. The lowest BCUT2D eigenvalue weighted by Crippen LogP contribution is -2.48. The maximum Gasteiger partial charge on any atom is 0.222 e. The second-order valence-electron chi connectivity index (χ2n) is 9.40. The number of hydrogen-bond donors (Lipinski definition) is 1. The Kier molecular flexibility index (Phi) is 9.01. The van der Waals surface area contributed by atoms with Crippen LogP contribution in [0.2, 0.25) is 0 Å². The van der Waals surface area contributed by atoms with Gasteiger partial charge < -0.3 is 29.0 Å². The standard InChI is InChI=1S/C27H35FN2O6/c1-33-25-16-21(5-10-24(25)35-14-3-12-30-11-2-4-26(30)31)17-29-13-15-34-19-27(32,18-29)20-36-23-8-6-22(28)7-9-23/h5-10,16,32H,2-4,11-15,17-20H2,1H3. The Morgan fingerprint density at radius 2 is 1.94 bits per heavy atom. The van der Waals surface area contributed by atoms with Crippen LogP contribution < -0.4 is 14.2 Å². The van der Waals surface area contributed by atoms with Crippen molar-refractivity contribution < 1.29 is 33.2 Å². The Morgan fingerprint density at radius 3 is 2.69 bits per heavy atom. The molecule has 0 bridgehead atoms. The fraction of sp³-hybridized carbons (Fsp3) is 0.519. The van der Waals surface area contributed by atoms with Crippen molar-refractivity contribution in [3.63, 3.8) is 0 Å². The highest BCUT2D eigenvalue weighted by atomic mass is 19.1. The summed E-state index contributed by atoms with van der Waals surface area (Å²) in [6, 6.07) is 11.6. The van der Waals surface area contributed by atoms with Crippen LogP contribution in [0, 0.1) is 5.82 Å². The van der Waals surface area contributed by atoms with E-state index in [0.717, 1.165) is 24.9 Å². The van der Waals surface area contributed by atoms with Crippen molar-refractivity contribution in [3.8, 4) is 17.2 Å². The van der Waals surface area contributed by atoms with Crippen molar-refractivity contribution >= 4 is 5.91 Å². The Morgan fingerprint density at radius 1 is 1.11 bits per heavy atom. The summed E-state index contributed by atoms with van der Waals surface area (Å²) >= 11 is 0. The molecule has 2 aromatic carbocycles. The van der Waals surface area contributed by atoms with Gasteiger partial charge >= 0.3 is 0 Å². The molecule has 2 fully saturated rings. The Labute approximate surface area is 211 Å². The van der Waals surface area contributed by atoms with Crippen molar-refractivity contribution in [1.29, 1.82) is 0 Å². The molecule has 1 atom stereocenters. The molecule has 9 heteroatoms. The maximum atomic E-state index is 13.1. The van der Waals surface area contributed by atoms with Gasteiger partial charge in [0.1, 0.15) is 23.8 Å². The predicted octanol–water partition coefficient (Wildman–Crippen LogP) is 2.87. The molecule has 0 aromatic heterocycles. The summed E-state index contributed by atoms with van der Waals surface area (Å²) in [5, 5.41) is 11.1. The van der Waals surface area contributed by atoms with E-state index in [4.69, 9.17) is 18.9 Å². The van der Waals surface area contributed by atoms with Crippen LogP contribution in [0.4, 0.5) is 4.39 Å². The molecule has 1 N–H and O–H groups in total. The van der Waals surface area contributed by atoms with E-state index in [0.29, 0.717) is 63.1 Å². The first-order valence-electron chi connectivity index (χ1n) is 12.4. The van der Waals surface area contributed by atoms with Gasteiger partial charge in [-0.15, -0.1) is 0 Å². The zero-order chi connectivity index (χ0) is 25.4. The molecule has 0 saturated carbocycles. The fourth-order valence-electron chi connectivity index (χ4n) is 4.53. The summed E-state index contributed by atoms with van der Waals surface area (Å²) in [7, 11) is 1.61. The zero-order valence-electron chi connectivity index (χ0n) is 20.8. The average molecular weight is 503 g/mol. The van der Waals surface area contributed by atoms with Crippen LogP contribution in [-0.4, -0.2) is 86.1 Å². The molecule has 1 amide bonds. The third-order valence-corrected chi connectivity index (χ3v) is 6.40. The number of aliphatic hydroxyl groups is 1. The third kappa shape index (κ3) is 7.32. The lowest BCUT2D eigenvalue weighted by Gasteiger charge is -2.30. The number of likely N-dealkylation sites (tertiary alicyclic amines) is 1. The van der Waals surface area contributed by atoms with Gasteiger partial charge in [0.2, 0.25) is 5.91 Å². The molecule has 36 heavy (non-hydrogen) atoms. The van der Waals surface area contributed by atoms with E-state index in [2.05, 4.69) is 4.90 Å². The number of benzene rings is 2. The predicted molar refractivity (Wildman–Crippen MR) is 132 cm³/mol. The second kappa shape index (κ2) is 12.4. The fourth-order valence-corrected chi connectivity index (χ4v) is 4.53. The summed E-state index contributed by atoms with van der Waals surface area (Å²) < 4.78 is 36.0. The van der Waals surface area contributed by atoms with Gasteiger partial charge in [-0.2, -0.15) is 0 Å². The van der Waals surface area contributed by atoms with Crippen LogP contribution in [0.3, 0.4) is 0 Å². The Balaban J connectivity index is 1.30. The Bertz CT molecular complexity index is 1000. The molecular formula is C27H35FN2O6. The van der Waals surface area contributed by atoms with E-state index in [-0.39, 0.29) is 24.9 Å². The van der Waals surface area contributed by atoms with E-state index in [1.54, 1.807) is 7.11 Å². The zero-order valence-corrected chi connectivity index (χ0v) is 20.8. The molecule has 2 saturated heterocycles. The lowest BCUT2D eigenvalue weighted by atomic mass is 10.1. The number of methoxy groups -OCH3 is 1. The molecule has 0 aliphatic carbocycles. The summed E-state index contributed by atoms with van der Waals surface area (Å²) in [5.41, 5.74) is -0.181. The van der Waals surface area contributed by atoms with Crippen molar-refractivity contribution in [2.75, 3.05) is 59.7 Å². The van der Waals surface area contributed by atoms with E-state index in [1.807, 2.05) is 23.1 Å². The molecule has 8 nitrogen and oxygen atoms in total. The first-order valence-corrected chi connectivity index (χ1v) is 12.4. The minimum Gasteiger partial charge on any atom is -0.493 e. The second-order valence-corrected chi connectivity index (χ2v) is 9.40.